The van der Waals surface area contributed by atoms with Crippen molar-refractivity contribution in [1.29, 1.82) is 0 Å². The number of hydrogen-bond acceptors (Lipinski definition) is 4. The molecule has 0 heterocycles. The van der Waals surface area contributed by atoms with Crippen LogP contribution in [-0.4, -0.2) is 32.0 Å². The number of nitrogens with one attached hydrogen (secondary N) is 1. The van der Waals surface area contributed by atoms with Crippen molar-refractivity contribution in [3.8, 4) is 0 Å². The van der Waals surface area contributed by atoms with Crippen LogP contribution in [0.5, 0.6) is 0 Å². The van der Waals surface area contributed by atoms with E-state index in [9.17, 15) is 0 Å². The molecule has 1 unspecified atom stereocenters. The van der Waals surface area contributed by atoms with Gasteiger partial charge in [-0.15, -0.1) is 0 Å². The summed E-state index contributed by atoms with van der Waals surface area (Å²) in [4.78, 5) is 0. The first-order valence-electron chi connectivity index (χ1n) is 5.36. The van der Waals surface area contributed by atoms with E-state index in [0.29, 0.717) is 6.61 Å². The Kier molecular flexibility index (Phi) is 9.29. The molecular formula is C10H24N2O2. The zero-order valence-corrected chi connectivity index (χ0v) is 9.58. The third kappa shape index (κ3) is 8.44. The van der Waals surface area contributed by atoms with Crippen LogP contribution in [0.25, 0.3) is 0 Å². The summed E-state index contributed by atoms with van der Waals surface area (Å²) in [6.45, 7) is 8.29. The molecule has 3 N–H and O–H groups in total. The van der Waals surface area contributed by atoms with Crippen LogP contribution in [0.1, 0.15) is 33.6 Å². The van der Waals surface area contributed by atoms with E-state index < -0.39 is 0 Å². The molecule has 0 aromatic rings. The van der Waals surface area contributed by atoms with Gasteiger partial charge in [0.05, 0.1) is 12.7 Å². The van der Waals surface area contributed by atoms with Crippen LogP contribution < -0.4 is 11.3 Å². The van der Waals surface area contributed by atoms with Gasteiger partial charge in [0.15, 0.2) is 0 Å². The average molecular weight is 204 g/mol. The van der Waals surface area contributed by atoms with Crippen LogP contribution in [0.4, 0.5) is 0 Å². The summed E-state index contributed by atoms with van der Waals surface area (Å²) in [6.07, 6.45) is 2.27. The van der Waals surface area contributed by atoms with Gasteiger partial charge in [0.25, 0.3) is 0 Å². The second-order valence-corrected chi connectivity index (χ2v) is 3.58. The summed E-state index contributed by atoms with van der Waals surface area (Å²) in [6, 6.07) is 0.234. The minimum Gasteiger partial charge on any atom is -0.382 e. The average Bonchev–Trinajstić information content (AvgIpc) is 2.16. The maximum absolute atomic E-state index is 5.47. The van der Waals surface area contributed by atoms with Crippen molar-refractivity contribution in [3.63, 3.8) is 0 Å². The summed E-state index contributed by atoms with van der Waals surface area (Å²) in [7, 11) is 0. The minimum atomic E-state index is 0.234. The molecular weight excluding hydrogens is 180 g/mol. The molecule has 0 rings (SSSR count). The Bertz CT molecular complexity index is 121. The molecule has 4 heteroatoms. The molecule has 0 aromatic carbocycles. The number of rotatable bonds is 9. The molecule has 0 aliphatic rings. The van der Waals surface area contributed by atoms with Gasteiger partial charge in [0.1, 0.15) is 0 Å². The van der Waals surface area contributed by atoms with Gasteiger partial charge in [0.2, 0.25) is 0 Å². The first-order chi connectivity index (χ1) is 6.70. The van der Waals surface area contributed by atoms with Gasteiger partial charge in [0, 0.05) is 19.3 Å². The highest BCUT2D eigenvalue weighted by Crippen LogP contribution is 1.99. The topological polar surface area (TPSA) is 56.5 Å². The van der Waals surface area contributed by atoms with Crippen LogP contribution in [0.3, 0.4) is 0 Å². The molecule has 0 aromatic heterocycles. The molecule has 0 spiro atoms. The maximum Gasteiger partial charge on any atom is 0.0636 e. The van der Waals surface area contributed by atoms with E-state index in [1.165, 1.54) is 0 Å². The van der Waals surface area contributed by atoms with Crippen molar-refractivity contribution >= 4 is 0 Å². The molecule has 0 saturated heterocycles. The summed E-state index contributed by atoms with van der Waals surface area (Å²) in [5.74, 6) is 5.40. The normalized spacial score (nSPS) is 13.5. The number of nitrogens with two attached hydrogens (primary N) is 1. The number of ether oxygens (including phenoxy) is 2. The summed E-state index contributed by atoms with van der Waals surface area (Å²) in [5.41, 5.74) is 2.75. The Balaban J connectivity index is 3.38. The van der Waals surface area contributed by atoms with Crippen LogP contribution >= 0.6 is 0 Å². The highest BCUT2D eigenvalue weighted by atomic mass is 16.5. The van der Waals surface area contributed by atoms with Crippen LogP contribution in [0, 0.1) is 0 Å². The molecule has 0 bridgehead atoms. The molecule has 0 radical (unpaired) electrons. The summed E-state index contributed by atoms with van der Waals surface area (Å²) < 4.78 is 10.7. The fraction of sp³-hybridized carbons (Fsp3) is 1.00. The third-order valence-corrected chi connectivity index (χ3v) is 1.91. The highest BCUT2D eigenvalue weighted by Gasteiger charge is 2.07. The Hall–Kier alpha value is -0.160. The van der Waals surface area contributed by atoms with Gasteiger partial charge in [-0.3, -0.25) is 11.3 Å². The van der Waals surface area contributed by atoms with Crippen molar-refractivity contribution in [2.75, 3.05) is 19.8 Å². The highest BCUT2D eigenvalue weighted by molar-refractivity contribution is 4.62. The van der Waals surface area contributed by atoms with E-state index in [1.54, 1.807) is 0 Å². The fourth-order valence-electron chi connectivity index (χ4n) is 1.10. The van der Waals surface area contributed by atoms with E-state index in [-0.39, 0.29) is 12.1 Å². The molecule has 0 saturated carbocycles. The third-order valence-electron chi connectivity index (χ3n) is 1.91. The second-order valence-electron chi connectivity index (χ2n) is 3.58. The SMILES string of the molecule is CCOCCCC(COC(C)C)NN. The fourth-order valence-corrected chi connectivity index (χ4v) is 1.10. The molecule has 0 aliphatic heterocycles. The minimum absolute atomic E-state index is 0.234. The molecule has 0 amide bonds. The Morgan fingerprint density at radius 2 is 2.07 bits per heavy atom. The number of hydrazine groups is 1. The lowest BCUT2D eigenvalue weighted by Crippen LogP contribution is -2.39. The van der Waals surface area contributed by atoms with Crippen molar-refractivity contribution in [3.05, 3.63) is 0 Å². The van der Waals surface area contributed by atoms with E-state index in [0.717, 1.165) is 26.1 Å². The molecule has 0 aliphatic carbocycles. The van der Waals surface area contributed by atoms with Crippen LogP contribution in [-0.2, 0) is 9.47 Å². The van der Waals surface area contributed by atoms with Gasteiger partial charge in [-0.2, -0.15) is 0 Å². The largest absolute Gasteiger partial charge is 0.382 e. The number of hydrogen-bond donors (Lipinski definition) is 2. The monoisotopic (exact) mass is 204 g/mol. The standard InChI is InChI=1S/C10H24N2O2/c1-4-13-7-5-6-10(12-11)8-14-9(2)3/h9-10,12H,4-8,11H2,1-3H3. The Morgan fingerprint density at radius 1 is 1.36 bits per heavy atom. The van der Waals surface area contributed by atoms with Gasteiger partial charge in [-0.1, -0.05) is 0 Å². The van der Waals surface area contributed by atoms with E-state index in [1.807, 2.05) is 20.8 Å². The lowest BCUT2D eigenvalue weighted by molar-refractivity contribution is 0.0563. The van der Waals surface area contributed by atoms with E-state index in [2.05, 4.69) is 5.43 Å². The predicted molar refractivity (Wildman–Crippen MR) is 57.9 cm³/mol. The van der Waals surface area contributed by atoms with Crippen molar-refractivity contribution in [2.24, 2.45) is 5.84 Å². The molecule has 1 atom stereocenters. The van der Waals surface area contributed by atoms with E-state index in [4.69, 9.17) is 15.3 Å². The van der Waals surface area contributed by atoms with Gasteiger partial charge in [-0.05, 0) is 33.6 Å². The van der Waals surface area contributed by atoms with Crippen molar-refractivity contribution in [1.82, 2.24) is 5.43 Å². The summed E-state index contributed by atoms with van der Waals surface area (Å²) >= 11 is 0. The van der Waals surface area contributed by atoms with Gasteiger partial charge in [-0.25, -0.2) is 0 Å². The quantitative estimate of drug-likeness (QED) is 0.335. The van der Waals surface area contributed by atoms with Crippen LogP contribution in [0.2, 0.25) is 0 Å². The predicted octanol–water partition coefficient (Wildman–Crippen LogP) is 1.06. The first-order valence-corrected chi connectivity index (χ1v) is 5.36. The smallest absolute Gasteiger partial charge is 0.0636 e. The van der Waals surface area contributed by atoms with Gasteiger partial charge >= 0.3 is 0 Å². The van der Waals surface area contributed by atoms with Gasteiger partial charge < -0.3 is 9.47 Å². The molecule has 86 valence electrons. The zero-order chi connectivity index (χ0) is 10.8. The zero-order valence-electron chi connectivity index (χ0n) is 9.58. The van der Waals surface area contributed by atoms with Crippen LogP contribution in [0.15, 0.2) is 0 Å². The molecule has 0 fully saturated rings. The van der Waals surface area contributed by atoms with Crippen molar-refractivity contribution < 1.29 is 9.47 Å². The second kappa shape index (κ2) is 9.40. The summed E-state index contributed by atoms with van der Waals surface area (Å²) in [5, 5.41) is 0. The van der Waals surface area contributed by atoms with E-state index >= 15 is 0 Å². The molecule has 4 nitrogen and oxygen atoms in total. The lowest BCUT2D eigenvalue weighted by Gasteiger charge is -2.17. The lowest BCUT2D eigenvalue weighted by atomic mass is 10.2. The Morgan fingerprint density at radius 3 is 2.57 bits per heavy atom. The first kappa shape index (κ1) is 13.8. The molecule has 14 heavy (non-hydrogen) atoms. The maximum atomic E-state index is 5.47. The van der Waals surface area contributed by atoms with Crippen molar-refractivity contribution in [2.45, 2.75) is 45.8 Å². The Labute approximate surface area is 87.1 Å².